The van der Waals surface area contributed by atoms with Gasteiger partial charge in [0.1, 0.15) is 0 Å². The quantitative estimate of drug-likeness (QED) is 0.270. The SMILES string of the molecule is O=C(NNC(=S)NCCCCN1CCCCC1)c1ccc(NC(=O)C2CCCCC2)cc1. The van der Waals surface area contributed by atoms with Gasteiger partial charge in [0, 0.05) is 23.7 Å². The minimum absolute atomic E-state index is 0.0796. The highest BCUT2D eigenvalue weighted by atomic mass is 32.1. The van der Waals surface area contributed by atoms with Gasteiger partial charge in [0.05, 0.1) is 0 Å². The maximum atomic E-state index is 12.3. The normalized spacial score (nSPS) is 17.4. The van der Waals surface area contributed by atoms with E-state index >= 15 is 0 Å². The zero-order valence-electron chi connectivity index (χ0n) is 19.0. The van der Waals surface area contributed by atoms with Crippen LogP contribution in [0.1, 0.15) is 74.6 Å². The third-order valence-corrected chi connectivity index (χ3v) is 6.56. The van der Waals surface area contributed by atoms with Crippen molar-refractivity contribution in [3.05, 3.63) is 29.8 Å². The largest absolute Gasteiger partial charge is 0.361 e. The maximum Gasteiger partial charge on any atom is 0.269 e. The van der Waals surface area contributed by atoms with E-state index in [2.05, 4.69) is 26.4 Å². The summed E-state index contributed by atoms with van der Waals surface area (Å²) in [6.07, 6.45) is 11.6. The van der Waals surface area contributed by atoms with Gasteiger partial charge in [-0.3, -0.25) is 20.4 Å². The molecule has 0 radical (unpaired) electrons. The minimum atomic E-state index is -0.274. The Balaban J connectivity index is 1.29. The van der Waals surface area contributed by atoms with E-state index in [0.29, 0.717) is 16.4 Å². The average Bonchev–Trinajstić information content (AvgIpc) is 2.84. The minimum Gasteiger partial charge on any atom is -0.361 e. The number of nitrogens with one attached hydrogen (secondary N) is 4. The van der Waals surface area contributed by atoms with Crippen LogP contribution >= 0.6 is 12.2 Å². The Morgan fingerprint density at radius 2 is 1.59 bits per heavy atom. The number of nitrogens with zero attached hydrogens (tertiary/aromatic N) is 1. The highest BCUT2D eigenvalue weighted by molar-refractivity contribution is 7.80. The number of piperidine rings is 1. The molecule has 0 atom stereocenters. The molecule has 1 aromatic carbocycles. The summed E-state index contributed by atoms with van der Waals surface area (Å²) in [5, 5.41) is 6.50. The van der Waals surface area contributed by atoms with Crippen molar-refractivity contribution in [2.75, 3.05) is 31.5 Å². The van der Waals surface area contributed by atoms with Crippen LogP contribution in [0.25, 0.3) is 0 Å². The van der Waals surface area contributed by atoms with Crippen LogP contribution in [0, 0.1) is 5.92 Å². The number of thiocarbonyl (C=S) groups is 1. The molecule has 0 bridgehead atoms. The Morgan fingerprint density at radius 1 is 0.906 bits per heavy atom. The number of hydrogen-bond acceptors (Lipinski definition) is 4. The van der Waals surface area contributed by atoms with E-state index in [1.165, 1.54) is 38.8 Å². The number of carbonyl (C=O) groups is 2. The zero-order chi connectivity index (χ0) is 22.6. The number of hydrogen-bond donors (Lipinski definition) is 4. The molecule has 0 spiro atoms. The first-order valence-corrected chi connectivity index (χ1v) is 12.5. The molecule has 1 heterocycles. The van der Waals surface area contributed by atoms with Crippen LogP contribution in [0.15, 0.2) is 24.3 Å². The van der Waals surface area contributed by atoms with E-state index in [1.54, 1.807) is 24.3 Å². The van der Waals surface area contributed by atoms with Crippen LogP contribution in [-0.2, 0) is 4.79 Å². The van der Waals surface area contributed by atoms with E-state index < -0.39 is 0 Å². The average molecular weight is 460 g/mol. The van der Waals surface area contributed by atoms with E-state index in [4.69, 9.17) is 12.2 Å². The molecule has 2 aliphatic rings. The first-order valence-electron chi connectivity index (χ1n) is 12.1. The molecule has 1 aliphatic carbocycles. The topological polar surface area (TPSA) is 85.5 Å². The Morgan fingerprint density at radius 3 is 2.31 bits per heavy atom. The van der Waals surface area contributed by atoms with Crippen LogP contribution < -0.4 is 21.5 Å². The second-order valence-electron chi connectivity index (χ2n) is 8.85. The second-order valence-corrected chi connectivity index (χ2v) is 9.25. The summed E-state index contributed by atoms with van der Waals surface area (Å²) in [6, 6.07) is 6.91. The van der Waals surface area contributed by atoms with E-state index in [-0.39, 0.29) is 17.7 Å². The lowest BCUT2D eigenvalue weighted by molar-refractivity contribution is -0.120. The molecule has 1 aromatic rings. The summed E-state index contributed by atoms with van der Waals surface area (Å²) in [4.78, 5) is 27.2. The smallest absolute Gasteiger partial charge is 0.269 e. The molecular weight excluding hydrogens is 422 g/mol. The molecule has 4 N–H and O–H groups in total. The van der Waals surface area contributed by atoms with Crippen LogP contribution in [0.5, 0.6) is 0 Å². The Labute approximate surface area is 197 Å². The molecule has 32 heavy (non-hydrogen) atoms. The fourth-order valence-corrected chi connectivity index (χ4v) is 4.54. The highest BCUT2D eigenvalue weighted by Gasteiger charge is 2.21. The number of hydrazine groups is 1. The van der Waals surface area contributed by atoms with E-state index in [0.717, 1.165) is 51.6 Å². The summed E-state index contributed by atoms with van der Waals surface area (Å²) in [7, 11) is 0. The van der Waals surface area contributed by atoms with Gasteiger partial charge in [-0.25, -0.2) is 0 Å². The van der Waals surface area contributed by atoms with Crippen LogP contribution in [-0.4, -0.2) is 48.0 Å². The number of likely N-dealkylation sites (tertiary alicyclic amines) is 1. The molecule has 2 amide bonds. The molecule has 1 saturated carbocycles. The molecular formula is C24H37N5O2S. The molecule has 2 fully saturated rings. The summed E-state index contributed by atoms with van der Waals surface area (Å²) in [6.45, 7) is 4.39. The van der Waals surface area contributed by atoms with Gasteiger partial charge in [-0.1, -0.05) is 25.7 Å². The van der Waals surface area contributed by atoms with Gasteiger partial charge in [0.25, 0.3) is 5.91 Å². The van der Waals surface area contributed by atoms with Crippen molar-refractivity contribution in [3.8, 4) is 0 Å². The fourth-order valence-electron chi connectivity index (χ4n) is 4.39. The van der Waals surface area contributed by atoms with Crippen molar-refractivity contribution in [2.24, 2.45) is 5.92 Å². The second kappa shape index (κ2) is 13.4. The molecule has 0 aromatic heterocycles. The molecule has 7 nitrogen and oxygen atoms in total. The van der Waals surface area contributed by atoms with Crippen molar-refractivity contribution in [1.82, 2.24) is 21.1 Å². The number of amides is 2. The predicted molar refractivity (Wildman–Crippen MR) is 132 cm³/mol. The number of benzene rings is 1. The zero-order valence-corrected chi connectivity index (χ0v) is 19.8. The summed E-state index contributed by atoms with van der Waals surface area (Å²) >= 11 is 5.23. The van der Waals surface area contributed by atoms with Gasteiger partial charge in [-0.15, -0.1) is 0 Å². The van der Waals surface area contributed by atoms with Gasteiger partial charge < -0.3 is 15.5 Å². The van der Waals surface area contributed by atoms with Crippen LogP contribution in [0.2, 0.25) is 0 Å². The van der Waals surface area contributed by atoms with Crippen LogP contribution in [0.3, 0.4) is 0 Å². The third-order valence-electron chi connectivity index (χ3n) is 6.32. The number of carbonyl (C=O) groups excluding carboxylic acids is 2. The molecule has 8 heteroatoms. The van der Waals surface area contributed by atoms with Gasteiger partial charge >= 0.3 is 0 Å². The highest BCUT2D eigenvalue weighted by Crippen LogP contribution is 2.25. The molecule has 176 valence electrons. The number of unbranched alkanes of at least 4 members (excludes halogenated alkanes) is 1. The van der Waals surface area contributed by atoms with Crippen molar-refractivity contribution < 1.29 is 9.59 Å². The van der Waals surface area contributed by atoms with Gasteiger partial charge in [0.15, 0.2) is 5.11 Å². The fraction of sp³-hybridized carbons (Fsp3) is 0.625. The molecule has 0 unspecified atom stereocenters. The van der Waals surface area contributed by atoms with Gasteiger partial charge in [-0.2, -0.15) is 0 Å². The molecule has 1 aliphatic heterocycles. The van der Waals surface area contributed by atoms with Gasteiger partial charge in [0.2, 0.25) is 5.91 Å². The standard InChI is InChI=1S/C24H37N5O2S/c30-22(19-9-3-1-4-10-19)26-21-13-11-20(12-14-21)23(31)27-28-24(32)25-15-5-8-18-29-16-6-2-7-17-29/h11-14,19H,1-10,15-18H2,(H,26,30)(H,27,31)(H2,25,28,32). The molecule has 1 saturated heterocycles. The van der Waals surface area contributed by atoms with Crippen molar-refractivity contribution >= 4 is 34.8 Å². The summed E-state index contributed by atoms with van der Waals surface area (Å²) < 4.78 is 0. The lowest BCUT2D eigenvalue weighted by atomic mass is 9.88. The van der Waals surface area contributed by atoms with E-state index in [1.807, 2.05) is 0 Å². The number of anilines is 1. The monoisotopic (exact) mass is 459 g/mol. The predicted octanol–water partition coefficient (Wildman–Crippen LogP) is 3.58. The Kier molecular flexibility index (Phi) is 10.2. The number of rotatable bonds is 8. The van der Waals surface area contributed by atoms with E-state index in [9.17, 15) is 9.59 Å². The Hall–Kier alpha value is -2.19. The first kappa shape index (κ1) is 24.5. The van der Waals surface area contributed by atoms with Crippen molar-refractivity contribution in [2.45, 2.75) is 64.2 Å². The van der Waals surface area contributed by atoms with Crippen molar-refractivity contribution in [1.29, 1.82) is 0 Å². The summed E-state index contributed by atoms with van der Waals surface area (Å²) in [5.41, 5.74) is 6.58. The molecule has 3 rings (SSSR count). The Bertz CT molecular complexity index is 743. The van der Waals surface area contributed by atoms with Gasteiger partial charge in [-0.05, 0) is 94.6 Å². The maximum absolute atomic E-state index is 12.3. The lowest BCUT2D eigenvalue weighted by Crippen LogP contribution is -2.47. The lowest BCUT2D eigenvalue weighted by Gasteiger charge is -2.26. The summed E-state index contributed by atoms with van der Waals surface area (Å²) in [5.74, 6) is -0.0884. The third kappa shape index (κ3) is 8.39. The first-order chi connectivity index (χ1) is 15.6. The van der Waals surface area contributed by atoms with Crippen molar-refractivity contribution in [3.63, 3.8) is 0 Å². The van der Waals surface area contributed by atoms with Crippen LogP contribution in [0.4, 0.5) is 5.69 Å².